The number of hydrogen-bond donors (Lipinski definition) is 2. The number of carbonyl (C=O) groups is 1. The molecule has 0 bridgehead atoms. The summed E-state index contributed by atoms with van der Waals surface area (Å²) in [4.78, 5) is 11.4. The van der Waals surface area contributed by atoms with E-state index in [2.05, 4.69) is 5.32 Å². The van der Waals surface area contributed by atoms with E-state index in [1.165, 1.54) is 0 Å². The average molecular weight is 215 g/mol. The Morgan fingerprint density at radius 2 is 2.20 bits per heavy atom. The van der Waals surface area contributed by atoms with E-state index in [1.807, 2.05) is 0 Å². The van der Waals surface area contributed by atoms with Gasteiger partial charge < -0.3 is 15.2 Å². The molecule has 0 aromatic heterocycles. The molecule has 0 saturated carbocycles. The number of aliphatic hydroxyl groups excluding tert-OH is 1. The molecule has 1 unspecified atom stereocenters. The fourth-order valence-corrected chi connectivity index (χ4v) is 1.76. The average Bonchev–Trinajstić information content (AvgIpc) is 2.27. The lowest BCUT2D eigenvalue weighted by atomic mass is 9.95. The van der Waals surface area contributed by atoms with Crippen LogP contribution >= 0.6 is 0 Å². The molecule has 1 atom stereocenters. The topological polar surface area (TPSA) is 58.6 Å². The number of amides is 1. The van der Waals surface area contributed by atoms with Crippen molar-refractivity contribution in [1.29, 1.82) is 0 Å². The van der Waals surface area contributed by atoms with Crippen LogP contribution in [0.25, 0.3) is 0 Å². The molecule has 15 heavy (non-hydrogen) atoms. The molecule has 0 radical (unpaired) electrons. The predicted octanol–water partition coefficient (Wildman–Crippen LogP) is 0.690. The third-order valence-electron chi connectivity index (χ3n) is 2.80. The Bertz CT molecular complexity index is 190. The van der Waals surface area contributed by atoms with Crippen LogP contribution in [-0.4, -0.2) is 36.9 Å². The van der Waals surface area contributed by atoms with E-state index in [0.717, 1.165) is 32.5 Å². The molecule has 1 fully saturated rings. The van der Waals surface area contributed by atoms with Crippen molar-refractivity contribution in [2.24, 2.45) is 5.92 Å². The smallest absolute Gasteiger partial charge is 0.220 e. The zero-order valence-corrected chi connectivity index (χ0v) is 9.37. The van der Waals surface area contributed by atoms with Crippen molar-refractivity contribution < 1.29 is 14.6 Å². The summed E-state index contributed by atoms with van der Waals surface area (Å²) < 4.78 is 5.25. The number of hydrogen-bond acceptors (Lipinski definition) is 3. The molecule has 0 aromatic carbocycles. The van der Waals surface area contributed by atoms with E-state index in [1.54, 1.807) is 6.92 Å². The lowest BCUT2D eigenvalue weighted by molar-refractivity contribution is -0.122. The van der Waals surface area contributed by atoms with E-state index in [4.69, 9.17) is 9.84 Å². The van der Waals surface area contributed by atoms with Crippen molar-refractivity contribution in [2.45, 2.75) is 38.6 Å². The van der Waals surface area contributed by atoms with Crippen LogP contribution in [0.5, 0.6) is 0 Å². The fourth-order valence-electron chi connectivity index (χ4n) is 1.76. The molecule has 0 aromatic rings. The van der Waals surface area contributed by atoms with Crippen LogP contribution in [0.4, 0.5) is 0 Å². The first kappa shape index (κ1) is 12.5. The van der Waals surface area contributed by atoms with Crippen molar-refractivity contribution >= 4 is 5.91 Å². The first-order chi connectivity index (χ1) is 7.22. The number of rotatable bonds is 5. The van der Waals surface area contributed by atoms with Gasteiger partial charge in [0.15, 0.2) is 0 Å². The molecular formula is C11H21NO3. The molecular weight excluding hydrogens is 194 g/mol. The zero-order valence-electron chi connectivity index (χ0n) is 9.37. The van der Waals surface area contributed by atoms with Gasteiger partial charge >= 0.3 is 0 Å². The SMILES string of the molecule is CC(CO)NC(=O)CCC1CCOCC1. The Morgan fingerprint density at radius 1 is 1.53 bits per heavy atom. The minimum Gasteiger partial charge on any atom is -0.394 e. The lowest BCUT2D eigenvalue weighted by Crippen LogP contribution is -2.35. The summed E-state index contributed by atoms with van der Waals surface area (Å²) in [5.74, 6) is 0.678. The zero-order chi connectivity index (χ0) is 11.1. The van der Waals surface area contributed by atoms with Gasteiger partial charge in [0.25, 0.3) is 0 Å². The second kappa shape index (κ2) is 6.80. The van der Waals surface area contributed by atoms with E-state index in [9.17, 15) is 4.79 Å². The van der Waals surface area contributed by atoms with Crippen molar-refractivity contribution in [3.05, 3.63) is 0 Å². The summed E-state index contributed by atoms with van der Waals surface area (Å²) in [6, 6.07) is -0.132. The van der Waals surface area contributed by atoms with E-state index < -0.39 is 0 Å². The van der Waals surface area contributed by atoms with Crippen LogP contribution in [-0.2, 0) is 9.53 Å². The quantitative estimate of drug-likeness (QED) is 0.709. The third-order valence-corrected chi connectivity index (χ3v) is 2.80. The summed E-state index contributed by atoms with van der Waals surface area (Å²) in [7, 11) is 0. The first-order valence-electron chi connectivity index (χ1n) is 5.70. The Labute approximate surface area is 91.0 Å². The molecule has 4 nitrogen and oxygen atoms in total. The minimum absolute atomic E-state index is 0.00298. The summed E-state index contributed by atoms with van der Waals surface area (Å²) in [5, 5.41) is 11.5. The summed E-state index contributed by atoms with van der Waals surface area (Å²) in [6.07, 6.45) is 3.65. The normalized spacial score (nSPS) is 19.9. The largest absolute Gasteiger partial charge is 0.394 e. The van der Waals surface area contributed by atoms with Gasteiger partial charge in [0, 0.05) is 25.7 Å². The second-order valence-electron chi connectivity index (χ2n) is 4.25. The number of ether oxygens (including phenoxy) is 1. The highest BCUT2D eigenvalue weighted by Gasteiger charge is 2.15. The van der Waals surface area contributed by atoms with Crippen LogP contribution in [0.15, 0.2) is 0 Å². The van der Waals surface area contributed by atoms with Crippen molar-refractivity contribution in [1.82, 2.24) is 5.32 Å². The van der Waals surface area contributed by atoms with Gasteiger partial charge in [-0.2, -0.15) is 0 Å². The molecule has 1 aliphatic rings. The highest BCUT2D eigenvalue weighted by Crippen LogP contribution is 2.19. The Hall–Kier alpha value is -0.610. The Morgan fingerprint density at radius 3 is 2.80 bits per heavy atom. The highest BCUT2D eigenvalue weighted by molar-refractivity contribution is 5.76. The van der Waals surface area contributed by atoms with E-state index in [-0.39, 0.29) is 18.6 Å². The van der Waals surface area contributed by atoms with Crippen LogP contribution in [0, 0.1) is 5.92 Å². The predicted molar refractivity (Wildman–Crippen MR) is 57.5 cm³/mol. The van der Waals surface area contributed by atoms with E-state index in [0.29, 0.717) is 12.3 Å². The Balaban J connectivity index is 2.10. The van der Waals surface area contributed by atoms with Crippen molar-refractivity contribution in [3.8, 4) is 0 Å². The second-order valence-corrected chi connectivity index (χ2v) is 4.25. The van der Waals surface area contributed by atoms with Crippen LogP contribution in [0.2, 0.25) is 0 Å². The minimum atomic E-state index is -0.132. The lowest BCUT2D eigenvalue weighted by Gasteiger charge is -2.21. The maximum absolute atomic E-state index is 11.4. The van der Waals surface area contributed by atoms with Gasteiger partial charge in [-0.1, -0.05) is 0 Å². The molecule has 0 spiro atoms. The van der Waals surface area contributed by atoms with E-state index >= 15 is 0 Å². The Kier molecular flexibility index (Phi) is 5.65. The third kappa shape index (κ3) is 5.14. The maximum Gasteiger partial charge on any atom is 0.220 e. The number of carbonyl (C=O) groups excluding carboxylic acids is 1. The molecule has 1 saturated heterocycles. The van der Waals surface area contributed by atoms with Gasteiger partial charge in [0.1, 0.15) is 0 Å². The fraction of sp³-hybridized carbons (Fsp3) is 0.909. The molecule has 1 heterocycles. The van der Waals surface area contributed by atoms with Gasteiger partial charge in [0.2, 0.25) is 5.91 Å². The van der Waals surface area contributed by atoms with Crippen molar-refractivity contribution in [2.75, 3.05) is 19.8 Å². The van der Waals surface area contributed by atoms with Gasteiger partial charge in [-0.15, -0.1) is 0 Å². The molecule has 88 valence electrons. The monoisotopic (exact) mass is 215 g/mol. The van der Waals surface area contributed by atoms with Gasteiger partial charge in [-0.05, 0) is 32.1 Å². The summed E-state index contributed by atoms with van der Waals surface area (Å²) in [5.41, 5.74) is 0. The van der Waals surface area contributed by atoms with Gasteiger partial charge in [0.05, 0.1) is 6.61 Å². The number of aliphatic hydroxyl groups is 1. The van der Waals surface area contributed by atoms with Crippen LogP contribution < -0.4 is 5.32 Å². The van der Waals surface area contributed by atoms with Crippen molar-refractivity contribution in [3.63, 3.8) is 0 Å². The van der Waals surface area contributed by atoms with Crippen LogP contribution in [0.3, 0.4) is 0 Å². The van der Waals surface area contributed by atoms with Crippen LogP contribution in [0.1, 0.15) is 32.6 Å². The molecule has 1 aliphatic heterocycles. The van der Waals surface area contributed by atoms with Gasteiger partial charge in [-0.3, -0.25) is 4.79 Å². The maximum atomic E-state index is 11.4. The van der Waals surface area contributed by atoms with Gasteiger partial charge in [-0.25, -0.2) is 0 Å². The number of nitrogens with one attached hydrogen (secondary N) is 1. The summed E-state index contributed by atoms with van der Waals surface area (Å²) >= 11 is 0. The standard InChI is InChI=1S/C11H21NO3/c1-9(8-13)12-11(14)3-2-10-4-6-15-7-5-10/h9-10,13H,2-8H2,1H3,(H,12,14). The highest BCUT2D eigenvalue weighted by atomic mass is 16.5. The molecule has 2 N–H and O–H groups in total. The molecule has 1 rings (SSSR count). The first-order valence-corrected chi connectivity index (χ1v) is 5.70. The summed E-state index contributed by atoms with van der Waals surface area (Å²) in [6.45, 7) is 3.47. The molecule has 0 aliphatic carbocycles. The molecule has 4 heteroatoms. The molecule has 1 amide bonds.